The summed E-state index contributed by atoms with van der Waals surface area (Å²) in [6.45, 7) is 3.49. The molecule has 1 aromatic heterocycles. The van der Waals surface area contributed by atoms with E-state index in [4.69, 9.17) is 11.6 Å². The lowest BCUT2D eigenvalue weighted by atomic mass is 9.77. The van der Waals surface area contributed by atoms with E-state index in [0.717, 1.165) is 16.3 Å². The molecular weight excluding hydrogens is 300 g/mol. The minimum atomic E-state index is 0.414. The van der Waals surface area contributed by atoms with Crippen LogP contribution >= 0.6 is 22.9 Å². The number of thiophene rings is 1. The lowest BCUT2D eigenvalue weighted by molar-refractivity contribution is 0.174. The van der Waals surface area contributed by atoms with Gasteiger partial charge in [-0.05, 0) is 57.2 Å². The first kappa shape index (κ1) is 15.8. The van der Waals surface area contributed by atoms with Gasteiger partial charge in [0.1, 0.15) is 0 Å². The number of hydrogen-bond acceptors (Lipinski definition) is 3. The molecule has 1 aromatic rings. The predicted molar refractivity (Wildman–Crippen MR) is 92.3 cm³/mol. The number of piperidine rings is 1. The van der Waals surface area contributed by atoms with E-state index in [0.29, 0.717) is 12.1 Å². The third-order valence-corrected chi connectivity index (χ3v) is 6.58. The second-order valence-corrected chi connectivity index (χ2v) is 8.39. The van der Waals surface area contributed by atoms with Crippen molar-refractivity contribution in [2.45, 2.75) is 70.0 Å². The van der Waals surface area contributed by atoms with E-state index in [1.807, 2.05) is 6.07 Å². The van der Waals surface area contributed by atoms with E-state index >= 15 is 0 Å². The van der Waals surface area contributed by atoms with Crippen molar-refractivity contribution in [3.8, 4) is 0 Å². The van der Waals surface area contributed by atoms with E-state index < -0.39 is 0 Å². The first-order chi connectivity index (χ1) is 10.2. The lowest BCUT2D eigenvalue weighted by Gasteiger charge is -2.41. The van der Waals surface area contributed by atoms with E-state index in [9.17, 15) is 0 Å². The molecule has 0 radical (unpaired) electrons. The molecule has 0 amide bonds. The van der Waals surface area contributed by atoms with Gasteiger partial charge in [-0.2, -0.15) is 0 Å². The average molecular weight is 327 g/mol. The molecule has 4 atom stereocenters. The van der Waals surface area contributed by atoms with Crippen LogP contribution in [-0.2, 0) is 0 Å². The molecule has 1 aliphatic carbocycles. The van der Waals surface area contributed by atoms with E-state index in [1.54, 1.807) is 11.3 Å². The second kappa shape index (κ2) is 7.45. The van der Waals surface area contributed by atoms with Crippen LogP contribution in [0.4, 0.5) is 0 Å². The van der Waals surface area contributed by atoms with Crippen LogP contribution in [-0.4, -0.2) is 18.6 Å². The molecule has 2 aliphatic rings. The van der Waals surface area contributed by atoms with Crippen molar-refractivity contribution in [2.24, 2.45) is 5.92 Å². The predicted octanol–water partition coefficient (Wildman–Crippen LogP) is 4.75. The largest absolute Gasteiger partial charge is 0.314 e. The van der Waals surface area contributed by atoms with Gasteiger partial charge in [-0.1, -0.05) is 30.9 Å². The molecule has 0 bridgehead atoms. The van der Waals surface area contributed by atoms with Gasteiger partial charge in [0.05, 0.1) is 4.34 Å². The van der Waals surface area contributed by atoms with Gasteiger partial charge in [-0.15, -0.1) is 11.3 Å². The first-order valence-electron chi connectivity index (χ1n) is 8.48. The maximum atomic E-state index is 6.08. The standard InChI is InChI=1S/C17H27ClN2S/c1-12(16-9-10-17(18)21-16)20-15-8-3-2-6-13(15)14-7-4-5-11-19-14/h9-10,12-15,19-20H,2-8,11H2,1H3. The fraction of sp³-hybridized carbons (Fsp3) is 0.765. The zero-order valence-electron chi connectivity index (χ0n) is 12.9. The Morgan fingerprint density at radius 3 is 2.71 bits per heavy atom. The highest BCUT2D eigenvalue weighted by molar-refractivity contribution is 7.16. The minimum absolute atomic E-state index is 0.414. The van der Waals surface area contributed by atoms with Crippen molar-refractivity contribution in [1.82, 2.24) is 10.6 Å². The molecule has 1 aliphatic heterocycles. The molecule has 2 fully saturated rings. The third-order valence-electron chi connectivity index (χ3n) is 5.17. The third kappa shape index (κ3) is 4.01. The van der Waals surface area contributed by atoms with E-state index in [-0.39, 0.29) is 0 Å². The molecule has 2 N–H and O–H groups in total. The van der Waals surface area contributed by atoms with Crippen LogP contribution in [0.25, 0.3) is 0 Å². The monoisotopic (exact) mass is 326 g/mol. The molecule has 118 valence electrons. The van der Waals surface area contributed by atoms with Crippen LogP contribution in [0.3, 0.4) is 0 Å². The van der Waals surface area contributed by atoms with Gasteiger partial charge in [-0.3, -0.25) is 0 Å². The van der Waals surface area contributed by atoms with Gasteiger partial charge in [-0.25, -0.2) is 0 Å². The molecular formula is C17H27ClN2S. The van der Waals surface area contributed by atoms with Crippen LogP contribution in [0.2, 0.25) is 4.34 Å². The van der Waals surface area contributed by atoms with Crippen molar-refractivity contribution >= 4 is 22.9 Å². The Morgan fingerprint density at radius 1 is 1.19 bits per heavy atom. The highest BCUT2D eigenvalue weighted by Crippen LogP contribution is 2.33. The maximum absolute atomic E-state index is 6.08. The summed E-state index contributed by atoms with van der Waals surface area (Å²) in [5.41, 5.74) is 0. The Hall–Kier alpha value is -0.0900. The maximum Gasteiger partial charge on any atom is 0.0931 e. The number of halogens is 1. The SMILES string of the molecule is CC(NC1CCCCC1C1CCCCN1)c1ccc(Cl)s1. The van der Waals surface area contributed by atoms with Gasteiger partial charge in [0, 0.05) is 23.0 Å². The van der Waals surface area contributed by atoms with Crippen LogP contribution in [0.5, 0.6) is 0 Å². The summed E-state index contributed by atoms with van der Waals surface area (Å²) >= 11 is 7.79. The second-order valence-electron chi connectivity index (χ2n) is 6.64. The normalized spacial score (nSPS) is 32.0. The molecule has 4 heteroatoms. The first-order valence-corrected chi connectivity index (χ1v) is 9.68. The summed E-state index contributed by atoms with van der Waals surface area (Å²) in [5, 5.41) is 7.69. The van der Waals surface area contributed by atoms with E-state index in [1.165, 1.54) is 56.4 Å². The van der Waals surface area contributed by atoms with Crippen LogP contribution < -0.4 is 10.6 Å². The summed E-state index contributed by atoms with van der Waals surface area (Å²) in [6.07, 6.45) is 9.60. The van der Waals surface area contributed by atoms with E-state index in [2.05, 4.69) is 23.6 Å². The fourth-order valence-corrected chi connectivity index (χ4v) is 5.13. The molecule has 2 heterocycles. The zero-order valence-corrected chi connectivity index (χ0v) is 14.5. The Balaban J connectivity index is 1.63. The Kier molecular flexibility index (Phi) is 5.60. The summed E-state index contributed by atoms with van der Waals surface area (Å²) in [6, 6.07) is 5.99. The smallest absolute Gasteiger partial charge is 0.0931 e. The van der Waals surface area contributed by atoms with Crippen molar-refractivity contribution in [1.29, 1.82) is 0 Å². The Labute approximate surface area is 137 Å². The molecule has 1 saturated heterocycles. The zero-order chi connectivity index (χ0) is 14.7. The lowest BCUT2D eigenvalue weighted by Crippen LogP contribution is -2.50. The highest BCUT2D eigenvalue weighted by Gasteiger charge is 2.33. The van der Waals surface area contributed by atoms with Gasteiger partial charge >= 0.3 is 0 Å². The summed E-state index contributed by atoms with van der Waals surface area (Å²) < 4.78 is 0.896. The quantitative estimate of drug-likeness (QED) is 0.834. The number of rotatable bonds is 4. The molecule has 4 unspecified atom stereocenters. The minimum Gasteiger partial charge on any atom is -0.314 e. The van der Waals surface area contributed by atoms with Crippen LogP contribution in [0.1, 0.15) is 62.8 Å². The fourth-order valence-electron chi connectivity index (χ4n) is 4.06. The molecule has 1 saturated carbocycles. The van der Waals surface area contributed by atoms with Crippen molar-refractivity contribution in [3.63, 3.8) is 0 Å². The summed E-state index contributed by atoms with van der Waals surface area (Å²) in [7, 11) is 0. The topological polar surface area (TPSA) is 24.1 Å². The molecule has 2 nitrogen and oxygen atoms in total. The number of hydrogen-bond donors (Lipinski definition) is 2. The van der Waals surface area contributed by atoms with Gasteiger partial charge < -0.3 is 10.6 Å². The average Bonchev–Trinajstić information content (AvgIpc) is 2.95. The van der Waals surface area contributed by atoms with Crippen LogP contribution in [0.15, 0.2) is 12.1 Å². The molecule has 21 heavy (non-hydrogen) atoms. The van der Waals surface area contributed by atoms with Crippen molar-refractivity contribution < 1.29 is 0 Å². The van der Waals surface area contributed by atoms with Crippen molar-refractivity contribution in [2.75, 3.05) is 6.54 Å². The molecule has 3 rings (SSSR count). The van der Waals surface area contributed by atoms with Gasteiger partial charge in [0.2, 0.25) is 0 Å². The number of nitrogens with one attached hydrogen (secondary N) is 2. The van der Waals surface area contributed by atoms with Crippen LogP contribution in [0, 0.1) is 5.92 Å². The summed E-state index contributed by atoms with van der Waals surface area (Å²) in [4.78, 5) is 1.36. The summed E-state index contributed by atoms with van der Waals surface area (Å²) in [5.74, 6) is 0.803. The van der Waals surface area contributed by atoms with Crippen molar-refractivity contribution in [3.05, 3.63) is 21.3 Å². The Morgan fingerprint density at radius 2 is 2.00 bits per heavy atom. The van der Waals surface area contributed by atoms with Gasteiger partial charge in [0.15, 0.2) is 0 Å². The highest BCUT2D eigenvalue weighted by atomic mass is 35.5. The molecule has 0 spiro atoms. The Bertz CT molecular complexity index is 442. The molecule has 0 aromatic carbocycles. The van der Waals surface area contributed by atoms with Gasteiger partial charge in [0.25, 0.3) is 0 Å².